The molecule has 2 unspecified atom stereocenters. The molecule has 0 radical (unpaired) electrons. The summed E-state index contributed by atoms with van der Waals surface area (Å²) in [6.45, 7) is 3.89. The Morgan fingerprint density at radius 2 is 2.32 bits per heavy atom. The van der Waals surface area contributed by atoms with Gasteiger partial charge >= 0.3 is 0 Å². The van der Waals surface area contributed by atoms with E-state index in [2.05, 4.69) is 28.2 Å². The van der Waals surface area contributed by atoms with Crippen LogP contribution in [0.15, 0.2) is 22.7 Å². The van der Waals surface area contributed by atoms with Gasteiger partial charge in [-0.2, -0.15) is 0 Å². The van der Waals surface area contributed by atoms with Crippen LogP contribution in [0.2, 0.25) is 0 Å². The van der Waals surface area contributed by atoms with E-state index >= 15 is 0 Å². The zero-order valence-electron chi connectivity index (χ0n) is 11.3. The topological polar surface area (TPSA) is 21.3 Å². The number of ether oxygens (including phenoxy) is 1. The van der Waals surface area contributed by atoms with Crippen molar-refractivity contribution in [1.29, 1.82) is 0 Å². The maximum atomic E-state index is 13.3. The first-order valence-corrected chi connectivity index (χ1v) is 7.79. The van der Waals surface area contributed by atoms with Crippen LogP contribution < -0.4 is 5.32 Å². The highest BCUT2D eigenvalue weighted by Crippen LogP contribution is 2.21. The highest BCUT2D eigenvalue weighted by atomic mass is 79.9. The number of hydrogen-bond donors (Lipinski definition) is 1. The number of halogens is 2. The summed E-state index contributed by atoms with van der Waals surface area (Å²) in [7, 11) is 0. The second-order valence-corrected chi connectivity index (χ2v) is 5.88. The van der Waals surface area contributed by atoms with Crippen molar-refractivity contribution in [2.45, 2.75) is 44.8 Å². The molecule has 1 aromatic rings. The lowest BCUT2D eigenvalue weighted by molar-refractivity contribution is -0.00709. The van der Waals surface area contributed by atoms with Crippen LogP contribution in [-0.2, 0) is 11.2 Å². The van der Waals surface area contributed by atoms with Crippen LogP contribution in [0.4, 0.5) is 4.39 Å². The first-order chi connectivity index (χ1) is 9.20. The van der Waals surface area contributed by atoms with Crippen molar-refractivity contribution in [3.63, 3.8) is 0 Å². The Morgan fingerprint density at radius 3 is 2.95 bits per heavy atom. The third-order valence-corrected chi connectivity index (χ3v) is 4.18. The molecule has 0 spiro atoms. The Morgan fingerprint density at radius 1 is 1.47 bits per heavy atom. The zero-order valence-corrected chi connectivity index (χ0v) is 12.9. The van der Waals surface area contributed by atoms with Gasteiger partial charge in [0.05, 0.1) is 10.6 Å². The van der Waals surface area contributed by atoms with E-state index in [0.29, 0.717) is 10.5 Å². The van der Waals surface area contributed by atoms with Crippen molar-refractivity contribution in [3.05, 3.63) is 34.1 Å². The standard InChI is InChI=1S/C15H21BrFNO/c1-2-18-14(15-5-3-4-8-19-15)10-11-6-7-13(17)12(16)9-11/h6-7,9,14-15,18H,2-5,8,10H2,1H3. The molecule has 1 aliphatic heterocycles. The Kier molecular flexibility index (Phi) is 5.79. The SMILES string of the molecule is CCNC(Cc1ccc(F)c(Br)c1)C1CCCCO1. The van der Waals surface area contributed by atoms with Crippen LogP contribution in [0, 0.1) is 5.82 Å². The molecular formula is C15H21BrFNO. The smallest absolute Gasteiger partial charge is 0.137 e. The first kappa shape index (κ1) is 14.9. The van der Waals surface area contributed by atoms with Crippen molar-refractivity contribution >= 4 is 15.9 Å². The minimum Gasteiger partial charge on any atom is -0.377 e. The molecule has 0 bridgehead atoms. The molecule has 106 valence electrons. The molecule has 1 saturated heterocycles. The molecule has 0 amide bonds. The maximum Gasteiger partial charge on any atom is 0.137 e. The predicted octanol–water partition coefficient (Wildman–Crippen LogP) is 3.68. The molecule has 0 saturated carbocycles. The molecule has 1 fully saturated rings. The normalized spacial score (nSPS) is 21.3. The van der Waals surface area contributed by atoms with Gasteiger partial charge in [-0.1, -0.05) is 13.0 Å². The van der Waals surface area contributed by atoms with E-state index in [4.69, 9.17) is 4.74 Å². The van der Waals surface area contributed by atoms with Gasteiger partial charge in [0.1, 0.15) is 5.82 Å². The van der Waals surface area contributed by atoms with Crippen LogP contribution in [0.3, 0.4) is 0 Å². The highest BCUT2D eigenvalue weighted by molar-refractivity contribution is 9.10. The van der Waals surface area contributed by atoms with Crippen molar-refractivity contribution in [2.75, 3.05) is 13.2 Å². The Labute approximate surface area is 122 Å². The highest BCUT2D eigenvalue weighted by Gasteiger charge is 2.24. The molecule has 1 heterocycles. The van der Waals surface area contributed by atoms with E-state index in [1.165, 1.54) is 12.5 Å². The summed E-state index contributed by atoms with van der Waals surface area (Å²) in [4.78, 5) is 0. The fourth-order valence-corrected chi connectivity index (χ4v) is 3.03. The van der Waals surface area contributed by atoms with Gasteiger partial charge in [0, 0.05) is 12.6 Å². The van der Waals surface area contributed by atoms with Crippen molar-refractivity contribution in [2.24, 2.45) is 0 Å². The van der Waals surface area contributed by atoms with Gasteiger partial charge in [-0.15, -0.1) is 0 Å². The van der Waals surface area contributed by atoms with Crippen LogP contribution >= 0.6 is 15.9 Å². The van der Waals surface area contributed by atoms with Crippen LogP contribution in [0.1, 0.15) is 31.7 Å². The molecular weight excluding hydrogens is 309 g/mol. The maximum absolute atomic E-state index is 13.3. The fraction of sp³-hybridized carbons (Fsp3) is 0.600. The minimum absolute atomic E-state index is 0.210. The summed E-state index contributed by atoms with van der Waals surface area (Å²) < 4.78 is 19.7. The lowest BCUT2D eigenvalue weighted by Crippen LogP contribution is -2.44. The number of likely N-dealkylation sites (N-methyl/N-ethyl adjacent to an activating group) is 1. The van der Waals surface area contributed by atoms with Gasteiger partial charge in [0.15, 0.2) is 0 Å². The number of hydrogen-bond acceptors (Lipinski definition) is 2. The minimum atomic E-state index is -0.210. The summed E-state index contributed by atoms with van der Waals surface area (Å²) >= 11 is 3.24. The third-order valence-electron chi connectivity index (χ3n) is 3.57. The molecule has 2 rings (SSSR count). The van der Waals surface area contributed by atoms with E-state index < -0.39 is 0 Å². The second-order valence-electron chi connectivity index (χ2n) is 5.02. The quantitative estimate of drug-likeness (QED) is 0.889. The third kappa shape index (κ3) is 4.26. The zero-order chi connectivity index (χ0) is 13.7. The van der Waals surface area contributed by atoms with Gasteiger partial charge in [-0.05, 0) is 65.9 Å². The fourth-order valence-electron chi connectivity index (χ4n) is 2.60. The molecule has 0 aromatic heterocycles. The average Bonchev–Trinajstić information content (AvgIpc) is 2.43. The molecule has 4 heteroatoms. The largest absolute Gasteiger partial charge is 0.377 e. The van der Waals surface area contributed by atoms with E-state index in [1.54, 1.807) is 0 Å². The number of nitrogens with one attached hydrogen (secondary N) is 1. The second kappa shape index (κ2) is 7.36. The van der Waals surface area contributed by atoms with E-state index in [9.17, 15) is 4.39 Å². The van der Waals surface area contributed by atoms with E-state index in [1.807, 2.05) is 12.1 Å². The van der Waals surface area contributed by atoms with Crippen LogP contribution in [0.25, 0.3) is 0 Å². The summed E-state index contributed by atoms with van der Waals surface area (Å²) in [5.74, 6) is -0.210. The van der Waals surface area contributed by atoms with Crippen LogP contribution in [0.5, 0.6) is 0 Å². The first-order valence-electron chi connectivity index (χ1n) is 6.99. The molecule has 2 atom stereocenters. The summed E-state index contributed by atoms with van der Waals surface area (Å²) in [6, 6.07) is 5.54. The van der Waals surface area contributed by atoms with E-state index in [0.717, 1.165) is 38.0 Å². The molecule has 1 aromatic carbocycles. The van der Waals surface area contributed by atoms with Crippen molar-refractivity contribution in [1.82, 2.24) is 5.32 Å². The van der Waals surface area contributed by atoms with Gasteiger partial charge in [0.25, 0.3) is 0 Å². The monoisotopic (exact) mass is 329 g/mol. The van der Waals surface area contributed by atoms with E-state index in [-0.39, 0.29) is 11.9 Å². The van der Waals surface area contributed by atoms with Gasteiger partial charge in [0.2, 0.25) is 0 Å². The van der Waals surface area contributed by atoms with Crippen molar-refractivity contribution < 1.29 is 9.13 Å². The van der Waals surface area contributed by atoms with Gasteiger partial charge in [-0.3, -0.25) is 0 Å². The summed E-state index contributed by atoms with van der Waals surface area (Å²) in [5, 5.41) is 3.50. The number of rotatable bonds is 5. The lowest BCUT2D eigenvalue weighted by Gasteiger charge is -2.31. The molecule has 1 N–H and O–H groups in total. The van der Waals surface area contributed by atoms with Gasteiger partial charge < -0.3 is 10.1 Å². The predicted molar refractivity (Wildman–Crippen MR) is 78.9 cm³/mol. The van der Waals surface area contributed by atoms with Crippen LogP contribution in [-0.4, -0.2) is 25.3 Å². The number of benzene rings is 1. The average molecular weight is 330 g/mol. The van der Waals surface area contributed by atoms with Crippen molar-refractivity contribution in [3.8, 4) is 0 Å². The Balaban J connectivity index is 2.04. The Hall–Kier alpha value is -0.450. The molecule has 19 heavy (non-hydrogen) atoms. The molecule has 2 nitrogen and oxygen atoms in total. The lowest BCUT2D eigenvalue weighted by atomic mass is 9.96. The molecule has 0 aliphatic carbocycles. The van der Waals surface area contributed by atoms with Gasteiger partial charge in [-0.25, -0.2) is 4.39 Å². The molecule has 1 aliphatic rings. The summed E-state index contributed by atoms with van der Waals surface area (Å²) in [5.41, 5.74) is 1.13. The Bertz CT molecular complexity index is 407. The summed E-state index contributed by atoms with van der Waals surface area (Å²) in [6.07, 6.45) is 4.66.